The Labute approximate surface area is 110 Å². The van der Waals surface area contributed by atoms with E-state index in [1.54, 1.807) is 0 Å². The lowest BCUT2D eigenvalue weighted by Crippen LogP contribution is -2.28. The molecule has 1 aromatic rings. The summed E-state index contributed by atoms with van der Waals surface area (Å²) in [7, 11) is 0. The van der Waals surface area contributed by atoms with Gasteiger partial charge in [0.05, 0.1) is 5.92 Å². The molecule has 0 aromatic heterocycles. The van der Waals surface area contributed by atoms with Gasteiger partial charge in [0.2, 0.25) is 0 Å². The Bertz CT molecular complexity index is 403. The van der Waals surface area contributed by atoms with Crippen LogP contribution in [-0.2, 0) is 11.2 Å². The number of carbonyl (C=O) groups is 1. The standard InChI is InChI=1S/C14H17BrO2/c15-13-8-4-2-6-11(13)9-10-5-1-3-7-12(10)14(16)17/h2,4,6,8,10,12H,1,3,5,7,9H2,(H,16,17). The minimum Gasteiger partial charge on any atom is -0.481 e. The van der Waals surface area contributed by atoms with Gasteiger partial charge in [0, 0.05) is 4.47 Å². The zero-order valence-corrected chi connectivity index (χ0v) is 11.3. The maximum absolute atomic E-state index is 11.2. The Morgan fingerprint density at radius 3 is 2.71 bits per heavy atom. The van der Waals surface area contributed by atoms with Crippen LogP contribution in [0.15, 0.2) is 28.7 Å². The van der Waals surface area contributed by atoms with Crippen LogP contribution in [0.5, 0.6) is 0 Å². The molecule has 1 N–H and O–H groups in total. The summed E-state index contributed by atoms with van der Waals surface area (Å²) in [6.07, 6.45) is 4.98. The number of hydrogen-bond acceptors (Lipinski definition) is 1. The van der Waals surface area contributed by atoms with Gasteiger partial charge < -0.3 is 5.11 Å². The second-order valence-corrected chi connectivity index (χ2v) is 5.64. The molecule has 1 aliphatic rings. The van der Waals surface area contributed by atoms with Gasteiger partial charge >= 0.3 is 5.97 Å². The minimum atomic E-state index is -0.623. The van der Waals surface area contributed by atoms with Gasteiger partial charge in [-0.15, -0.1) is 0 Å². The maximum atomic E-state index is 11.2. The van der Waals surface area contributed by atoms with Crippen LogP contribution in [0.1, 0.15) is 31.2 Å². The van der Waals surface area contributed by atoms with Crippen molar-refractivity contribution in [1.82, 2.24) is 0 Å². The van der Waals surface area contributed by atoms with Gasteiger partial charge in [0.15, 0.2) is 0 Å². The summed E-state index contributed by atoms with van der Waals surface area (Å²) in [5.41, 5.74) is 1.23. The van der Waals surface area contributed by atoms with Crippen molar-refractivity contribution in [2.24, 2.45) is 11.8 Å². The number of carboxylic acid groups (broad SMARTS) is 1. The third-order valence-electron chi connectivity index (χ3n) is 3.67. The van der Waals surface area contributed by atoms with E-state index >= 15 is 0 Å². The molecular formula is C14H17BrO2. The van der Waals surface area contributed by atoms with Crippen molar-refractivity contribution in [3.05, 3.63) is 34.3 Å². The quantitative estimate of drug-likeness (QED) is 0.919. The van der Waals surface area contributed by atoms with Crippen molar-refractivity contribution in [3.63, 3.8) is 0 Å². The number of hydrogen-bond donors (Lipinski definition) is 1. The molecule has 0 radical (unpaired) electrons. The van der Waals surface area contributed by atoms with E-state index in [1.165, 1.54) is 12.0 Å². The van der Waals surface area contributed by atoms with Gasteiger partial charge in [0.25, 0.3) is 0 Å². The minimum absolute atomic E-state index is 0.157. The van der Waals surface area contributed by atoms with Crippen molar-refractivity contribution in [3.8, 4) is 0 Å². The van der Waals surface area contributed by atoms with Crippen LogP contribution < -0.4 is 0 Å². The first-order valence-corrected chi connectivity index (χ1v) is 6.94. The Morgan fingerprint density at radius 2 is 2.00 bits per heavy atom. The summed E-state index contributed by atoms with van der Waals surface area (Å²) in [6, 6.07) is 8.10. The fourth-order valence-electron chi connectivity index (χ4n) is 2.72. The van der Waals surface area contributed by atoms with E-state index in [4.69, 9.17) is 0 Å². The second-order valence-electron chi connectivity index (χ2n) is 4.78. The lowest BCUT2D eigenvalue weighted by atomic mass is 9.76. The van der Waals surface area contributed by atoms with Crippen molar-refractivity contribution in [1.29, 1.82) is 0 Å². The Balaban J connectivity index is 2.11. The Hall–Kier alpha value is -0.830. The lowest BCUT2D eigenvalue weighted by Gasteiger charge is -2.28. The first kappa shape index (κ1) is 12.6. The smallest absolute Gasteiger partial charge is 0.306 e. The number of halogens is 1. The molecule has 92 valence electrons. The maximum Gasteiger partial charge on any atom is 0.306 e. The summed E-state index contributed by atoms with van der Waals surface area (Å²) in [5, 5.41) is 9.24. The van der Waals surface area contributed by atoms with Crippen LogP contribution in [0.2, 0.25) is 0 Å². The SMILES string of the molecule is O=C(O)C1CCCCC1Cc1ccccc1Br. The second kappa shape index (κ2) is 5.67. The highest BCUT2D eigenvalue weighted by Crippen LogP contribution is 2.34. The summed E-state index contributed by atoms with van der Waals surface area (Å²) >= 11 is 3.53. The molecule has 3 heteroatoms. The van der Waals surface area contributed by atoms with Gasteiger partial charge in [-0.1, -0.05) is 47.0 Å². The van der Waals surface area contributed by atoms with E-state index in [1.807, 2.05) is 18.2 Å². The summed E-state index contributed by atoms with van der Waals surface area (Å²) in [6.45, 7) is 0. The van der Waals surface area contributed by atoms with Gasteiger partial charge in [-0.25, -0.2) is 0 Å². The van der Waals surface area contributed by atoms with Crippen molar-refractivity contribution in [2.75, 3.05) is 0 Å². The molecule has 2 unspecified atom stereocenters. The molecule has 0 spiro atoms. The third-order valence-corrected chi connectivity index (χ3v) is 4.44. The largest absolute Gasteiger partial charge is 0.481 e. The molecular weight excluding hydrogens is 280 g/mol. The zero-order valence-electron chi connectivity index (χ0n) is 9.73. The molecule has 1 fully saturated rings. The molecule has 1 saturated carbocycles. The zero-order chi connectivity index (χ0) is 12.3. The Kier molecular flexibility index (Phi) is 4.21. The van der Waals surface area contributed by atoms with Crippen LogP contribution in [0.4, 0.5) is 0 Å². The molecule has 0 heterocycles. The van der Waals surface area contributed by atoms with Crippen LogP contribution in [0.3, 0.4) is 0 Å². The van der Waals surface area contributed by atoms with Crippen LogP contribution in [-0.4, -0.2) is 11.1 Å². The average Bonchev–Trinajstić information content (AvgIpc) is 2.32. The molecule has 1 aliphatic carbocycles. The molecule has 2 rings (SSSR count). The molecule has 1 aromatic carbocycles. The van der Waals surface area contributed by atoms with E-state index in [0.29, 0.717) is 5.92 Å². The molecule has 2 atom stereocenters. The number of rotatable bonds is 3. The molecule has 0 amide bonds. The van der Waals surface area contributed by atoms with Crippen LogP contribution in [0, 0.1) is 11.8 Å². The molecule has 2 nitrogen and oxygen atoms in total. The van der Waals surface area contributed by atoms with E-state index in [9.17, 15) is 9.90 Å². The van der Waals surface area contributed by atoms with Gasteiger partial charge in [0.1, 0.15) is 0 Å². The average molecular weight is 297 g/mol. The van der Waals surface area contributed by atoms with Gasteiger partial charge in [-0.05, 0) is 36.8 Å². The normalized spacial score (nSPS) is 24.5. The Morgan fingerprint density at radius 1 is 1.29 bits per heavy atom. The van der Waals surface area contributed by atoms with E-state index in [2.05, 4.69) is 22.0 Å². The van der Waals surface area contributed by atoms with E-state index in [0.717, 1.165) is 30.2 Å². The van der Waals surface area contributed by atoms with Gasteiger partial charge in [-0.2, -0.15) is 0 Å². The first-order chi connectivity index (χ1) is 8.18. The summed E-state index contributed by atoms with van der Waals surface area (Å²) in [5.74, 6) is -0.488. The first-order valence-electron chi connectivity index (χ1n) is 6.14. The summed E-state index contributed by atoms with van der Waals surface area (Å²) in [4.78, 5) is 11.2. The van der Waals surface area contributed by atoms with E-state index in [-0.39, 0.29) is 5.92 Å². The molecule has 0 saturated heterocycles. The number of aliphatic carboxylic acids is 1. The van der Waals surface area contributed by atoms with Crippen LogP contribution >= 0.6 is 15.9 Å². The van der Waals surface area contributed by atoms with Crippen molar-refractivity contribution >= 4 is 21.9 Å². The fourth-order valence-corrected chi connectivity index (χ4v) is 3.17. The number of benzene rings is 1. The lowest BCUT2D eigenvalue weighted by molar-refractivity contribution is -0.144. The summed E-state index contributed by atoms with van der Waals surface area (Å²) < 4.78 is 1.09. The third kappa shape index (κ3) is 3.09. The highest BCUT2D eigenvalue weighted by molar-refractivity contribution is 9.10. The van der Waals surface area contributed by atoms with E-state index < -0.39 is 5.97 Å². The predicted molar refractivity (Wildman–Crippen MR) is 70.9 cm³/mol. The molecule has 0 aliphatic heterocycles. The highest BCUT2D eigenvalue weighted by atomic mass is 79.9. The highest BCUT2D eigenvalue weighted by Gasteiger charge is 2.30. The fraction of sp³-hybridized carbons (Fsp3) is 0.500. The topological polar surface area (TPSA) is 37.3 Å². The monoisotopic (exact) mass is 296 g/mol. The van der Waals surface area contributed by atoms with Crippen molar-refractivity contribution < 1.29 is 9.90 Å². The molecule has 0 bridgehead atoms. The predicted octanol–water partition coefficient (Wildman–Crippen LogP) is 3.88. The van der Waals surface area contributed by atoms with Gasteiger partial charge in [-0.3, -0.25) is 4.79 Å². The molecule has 17 heavy (non-hydrogen) atoms. The van der Waals surface area contributed by atoms with Crippen LogP contribution in [0.25, 0.3) is 0 Å². The number of carboxylic acids is 1. The van der Waals surface area contributed by atoms with Crippen molar-refractivity contribution in [2.45, 2.75) is 32.1 Å².